The van der Waals surface area contributed by atoms with Gasteiger partial charge in [-0.2, -0.15) is 0 Å². The highest BCUT2D eigenvalue weighted by atomic mass is 16.6. The van der Waals surface area contributed by atoms with Crippen molar-refractivity contribution in [2.24, 2.45) is 52.3 Å². The zero-order chi connectivity index (χ0) is 32.8. The molecule has 7 heteroatoms. The second kappa shape index (κ2) is 19.8. The summed E-state index contributed by atoms with van der Waals surface area (Å²) >= 11 is 0. The number of fused-ring (bicyclic) bond motifs is 5. The fourth-order valence-corrected chi connectivity index (χ4v) is 10.7. The lowest BCUT2D eigenvalue weighted by atomic mass is 9.44. The van der Waals surface area contributed by atoms with E-state index >= 15 is 0 Å². The van der Waals surface area contributed by atoms with E-state index in [9.17, 15) is 0 Å². The topological polar surface area (TPSA) is 75.6 Å². The van der Waals surface area contributed by atoms with Gasteiger partial charge in [0.15, 0.2) is 0 Å². The lowest BCUT2D eigenvalue weighted by molar-refractivity contribution is -0.139. The highest BCUT2D eigenvalue weighted by Crippen LogP contribution is 2.68. The van der Waals surface area contributed by atoms with Crippen molar-refractivity contribution < 1.29 is 33.5 Å². The van der Waals surface area contributed by atoms with Gasteiger partial charge in [0, 0.05) is 0 Å². The molecule has 0 amide bonds. The zero-order valence-corrected chi connectivity index (χ0v) is 30.5. The Morgan fingerprint density at radius 3 is 1.78 bits per heavy atom. The predicted molar refractivity (Wildman–Crippen MR) is 184 cm³/mol. The number of rotatable bonds is 23. The summed E-state index contributed by atoms with van der Waals surface area (Å²) in [5.74, 6) is 6.40. The van der Waals surface area contributed by atoms with Crippen molar-refractivity contribution in [2.75, 3.05) is 79.3 Å². The van der Waals surface area contributed by atoms with Gasteiger partial charge in [-0.05, 0) is 110 Å². The average Bonchev–Trinajstić information content (AvgIpc) is 3.39. The van der Waals surface area contributed by atoms with E-state index in [0.29, 0.717) is 89.6 Å². The zero-order valence-electron chi connectivity index (χ0n) is 30.5. The SMILES string of the molecule is CC(C)CCC[C@@H](C)[C@H]1CC[C@H]2[C@@H]3CC[C@H]4C[C@@H](OCCOCCOCCOCCOCCOCCO)CC[C@]4(C)[C@H]3CC[C@]12C. The Morgan fingerprint density at radius 1 is 0.609 bits per heavy atom. The van der Waals surface area contributed by atoms with Crippen molar-refractivity contribution >= 4 is 0 Å². The van der Waals surface area contributed by atoms with Crippen molar-refractivity contribution in [3.05, 3.63) is 0 Å². The maximum Gasteiger partial charge on any atom is 0.0704 e. The van der Waals surface area contributed by atoms with Gasteiger partial charge in [0.1, 0.15) is 0 Å². The maximum atomic E-state index is 8.64. The molecule has 4 saturated carbocycles. The fraction of sp³-hybridized carbons (Fsp3) is 1.00. The molecular formula is C39H72O7. The van der Waals surface area contributed by atoms with Gasteiger partial charge < -0.3 is 33.5 Å². The van der Waals surface area contributed by atoms with Crippen LogP contribution in [-0.4, -0.2) is 90.5 Å². The molecule has 9 atom stereocenters. The van der Waals surface area contributed by atoms with Crippen LogP contribution in [0.1, 0.15) is 112 Å². The smallest absolute Gasteiger partial charge is 0.0704 e. The summed E-state index contributed by atoms with van der Waals surface area (Å²) in [5.41, 5.74) is 1.11. The summed E-state index contributed by atoms with van der Waals surface area (Å²) in [6.07, 6.45) is 17.3. The predicted octanol–water partition coefficient (Wildman–Crippen LogP) is 7.57. The third-order valence-electron chi connectivity index (χ3n) is 13.1. The molecule has 270 valence electrons. The first kappa shape index (κ1) is 38.5. The summed E-state index contributed by atoms with van der Waals surface area (Å²) in [6.45, 7) is 18.9. The van der Waals surface area contributed by atoms with Gasteiger partial charge in [-0.15, -0.1) is 0 Å². The summed E-state index contributed by atoms with van der Waals surface area (Å²) in [7, 11) is 0. The van der Waals surface area contributed by atoms with Crippen LogP contribution in [0.25, 0.3) is 0 Å². The van der Waals surface area contributed by atoms with Crippen molar-refractivity contribution in [1.82, 2.24) is 0 Å². The Hall–Kier alpha value is -0.280. The molecule has 7 nitrogen and oxygen atoms in total. The Balaban J connectivity index is 1.05. The van der Waals surface area contributed by atoms with Crippen LogP contribution in [0.3, 0.4) is 0 Å². The summed E-state index contributed by atoms with van der Waals surface area (Å²) in [4.78, 5) is 0. The fourth-order valence-electron chi connectivity index (χ4n) is 10.7. The first-order chi connectivity index (χ1) is 22.3. The molecule has 0 bridgehead atoms. The average molecular weight is 653 g/mol. The molecular weight excluding hydrogens is 580 g/mol. The standard InChI is InChI=1S/C39H72O7/c1-30(2)7-6-8-31(3)35-11-12-36-34-10-9-32-29-33(13-15-38(32,4)37(34)14-16-39(35,36)5)46-28-27-45-26-25-44-24-23-43-22-21-42-20-19-41-18-17-40/h30-37,40H,6-29H2,1-5H3/t31-,32+,33+,34+,35-,36+,37+,38+,39-/m1/s1. The molecule has 0 aromatic rings. The normalized spacial score (nSPS) is 34.8. The molecule has 46 heavy (non-hydrogen) atoms. The quantitative estimate of drug-likeness (QED) is 0.114. The van der Waals surface area contributed by atoms with Crippen molar-refractivity contribution in [2.45, 2.75) is 118 Å². The number of aliphatic hydroxyl groups is 1. The van der Waals surface area contributed by atoms with E-state index in [4.69, 9.17) is 33.5 Å². The van der Waals surface area contributed by atoms with Crippen molar-refractivity contribution in [3.63, 3.8) is 0 Å². The number of hydrogen-bond acceptors (Lipinski definition) is 7. The van der Waals surface area contributed by atoms with E-state index in [2.05, 4.69) is 34.6 Å². The molecule has 4 fully saturated rings. The minimum Gasteiger partial charge on any atom is -0.394 e. The number of hydrogen-bond donors (Lipinski definition) is 1. The lowest BCUT2D eigenvalue weighted by Gasteiger charge is -2.61. The van der Waals surface area contributed by atoms with E-state index in [0.717, 1.165) is 41.4 Å². The minimum absolute atomic E-state index is 0.0436. The highest BCUT2D eigenvalue weighted by Gasteiger charge is 2.60. The Morgan fingerprint density at radius 2 is 1.17 bits per heavy atom. The first-order valence-electron chi connectivity index (χ1n) is 19.4. The first-order valence-corrected chi connectivity index (χ1v) is 19.4. The molecule has 0 aromatic heterocycles. The number of aliphatic hydroxyl groups excluding tert-OH is 1. The molecule has 4 aliphatic carbocycles. The number of ether oxygens (including phenoxy) is 6. The van der Waals surface area contributed by atoms with Gasteiger partial charge >= 0.3 is 0 Å². The molecule has 0 heterocycles. The minimum atomic E-state index is 0.0436. The van der Waals surface area contributed by atoms with Gasteiger partial charge in [0.2, 0.25) is 0 Å². The summed E-state index contributed by atoms with van der Waals surface area (Å²) < 4.78 is 33.8. The molecule has 4 aliphatic rings. The third-order valence-corrected chi connectivity index (χ3v) is 13.1. The van der Waals surface area contributed by atoms with E-state index in [1.54, 1.807) is 0 Å². The molecule has 4 rings (SSSR count). The van der Waals surface area contributed by atoms with Crippen LogP contribution in [0.15, 0.2) is 0 Å². The molecule has 1 N–H and O–H groups in total. The Bertz CT molecular complexity index is 824. The summed E-state index contributed by atoms with van der Waals surface area (Å²) in [6, 6.07) is 0. The Kier molecular flexibility index (Phi) is 16.6. The molecule has 0 aromatic carbocycles. The van der Waals surface area contributed by atoms with E-state index in [1.165, 1.54) is 77.0 Å². The largest absolute Gasteiger partial charge is 0.394 e. The lowest BCUT2D eigenvalue weighted by Crippen LogP contribution is -2.54. The van der Waals surface area contributed by atoms with Crippen molar-refractivity contribution in [1.29, 1.82) is 0 Å². The Labute approximate surface area is 282 Å². The molecule has 0 aliphatic heterocycles. The summed E-state index contributed by atoms with van der Waals surface area (Å²) in [5, 5.41) is 8.64. The van der Waals surface area contributed by atoms with Gasteiger partial charge in [-0.1, -0.05) is 53.9 Å². The second-order valence-electron chi connectivity index (χ2n) is 16.2. The maximum absolute atomic E-state index is 8.64. The van der Waals surface area contributed by atoms with Crippen LogP contribution in [0.5, 0.6) is 0 Å². The van der Waals surface area contributed by atoms with E-state index in [-0.39, 0.29) is 6.61 Å². The molecule has 0 radical (unpaired) electrons. The highest BCUT2D eigenvalue weighted by molar-refractivity contribution is 5.09. The van der Waals surface area contributed by atoms with Crippen LogP contribution in [0.2, 0.25) is 0 Å². The molecule has 0 saturated heterocycles. The van der Waals surface area contributed by atoms with Crippen LogP contribution < -0.4 is 0 Å². The van der Waals surface area contributed by atoms with E-state index in [1.807, 2.05) is 0 Å². The van der Waals surface area contributed by atoms with Gasteiger partial charge in [-0.3, -0.25) is 0 Å². The van der Waals surface area contributed by atoms with E-state index < -0.39 is 0 Å². The molecule has 0 spiro atoms. The molecule has 0 unspecified atom stereocenters. The monoisotopic (exact) mass is 653 g/mol. The third kappa shape index (κ3) is 10.6. The van der Waals surface area contributed by atoms with Crippen LogP contribution in [0.4, 0.5) is 0 Å². The van der Waals surface area contributed by atoms with Gasteiger partial charge in [0.05, 0.1) is 85.4 Å². The van der Waals surface area contributed by atoms with Crippen LogP contribution >= 0.6 is 0 Å². The van der Waals surface area contributed by atoms with Gasteiger partial charge in [0.25, 0.3) is 0 Å². The second-order valence-corrected chi connectivity index (χ2v) is 16.2. The van der Waals surface area contributed by atoms with Crippen LogP contribution in [0, 0.1) is 52.3 Å². The van der Waals surface area contributed by atoms with Crippen LogP contribution in [-0.2, 0) is 28.4 Å². The van der Waals surface area contributed by atoms with Crippen molar-refractivity contribution in [3.8, 4) is 0 Å². The van der Waals surface area contributed by atoms with Gasteiger partial charge in [-0.25, -0.2) is 0 Å².